The average molecular weight is 203 g/mol. The van der Waals surface area contributed by atoms with E-state index in [4.69, 9.17) is 0 Å². The number of rotatable bonds is 8. The summed E-state index contributed by atoms with van der Waals surface area (Å²) in [6.07, 6.45) is 1.31. The molecule has 0 spiro atoms. The molecule has 0 aliphatic carbocycles. The summed E-state index contributed by atoms with van der Waals surface area (Å²) in [6, 6.07) is 1.35. The Hall–Kier alpha value is 0.0969. The zero-order chi connectivity index (χ0) is 10.1. The molecular weight excluding hydrogens is 178 g/mol. The van der Waals surface area contributed by atoms with E-state index in [2.05, 4.69) is 42.8 Å². The molecule has 0 bridgehead atoms. The molecule has 80 valence electrons. The zero-order valence-electron chi connectivity index (χ0n) is 9.56. The summed E-state index contributed by atoms with van der Waals surface area (Å²) in [5, 5.41) is 0. The van der Waals surface area contributed by atoms with E-state index in [1.54, 1.807) is 0 Å². The Morgan fingerprint density at radius 2 is 1.62 bits per heavy atom. The maximum Gasteiger partial charge on any atom is 0.184 e. The standard InChI is InChI=1S/C9H25N3Si/c1-5-10-13(11-6-2)9-7-8-12(3)4/h10-11,13H,5-9H2,1-4H3. The van der Waals surface area contributed by atoms with E-state index in [-0.39, 0.29) is 0 Å². The molecule has 0 radical (unpaired) electrons. The topological polar surface area (TPSA) is 27.3 Å². The molecule has 0 atom stereocenters. The van der Waals surface area contributed by atoms with Crippen molar-refractivity contribution >= 4 is 9.12 Å². The van der Waals surface area contributed by atoms with Gasteiger partial charge in [0, 0.05) is 0 Å². The molecule has 0 amide bonds. The van der Waals surface area contributed by atoms with Crippen LogP contribution in [0.1, 0.15) is 20.3 Å². The Labute approximate surface area is 84.7 Å². The van der Waals surface area contributed by atoms with Crippen LogP contribution in [0.2, 0.25) is 6.04 Å². The highest BCUT2D eigenvalue weighted by molar-refractivity contribution is 6.53. The molecule has 0 aromatic heterocycles. The summed E-state index contributed by atoms with van der Waals surface area (Å²) in [7, 11) is 3.45. The van der Waals surface area contributed by atoms with Gasteiger partial charge in [0.25, 0.3) is 0 Å². The van der Waals surface area contributed by atoms with E-state index in [1.807, 2.05) is 0 Å². The molecule has 0 fully saturated rings. The summed E-state index contributed by atoms with van der Waals surface area (Å²) in [5.41, 5.74) is 0. The van der Waals surface area contributed by atoms with E-state index in [0.717, 1.165) is 13.1 Å². The summed E-state index contributed by atoms with van der Waals surface area (Å²) in [5.74, 6) is 0. The smallest absolute Gasteiger partial charge is 0.184 e. The fourth-order valence-electron chi connectivity index (χ4n) is 1.38. The van der Waals surface area contributed by atoms with Crippen molar-refractivity contribution in [2.45, 2.75) is 26.3 Å². The minimum absolute atomic E-state index is 0.819. The maximum absolute atomic E-state index is 3.57. The highest BCUT2D eigenvalue weighted by atomic mass is 28.3. The average Bonchev–Trinajstić information content (AvgIpc) is 2.04. The lowest BCUT2D eigenvalue weighted by Gasteiger charge is -2.17. The van der Waals surface area contributed by atoms with Gasteiger partial charge in [0.15, 0.2) is 9.12 Å². The first-order valence-corrected chi connectivity index (χ1v) is 7.29. The summed E-state index contributed by atoms with van der Waals surface area (Å²) >= 11 is 0. The van der Waals surface area contributed by atoms with E-state index < -0.39 is 9.12 Å². The Morgan fingerprint density at radius 1 is 1.08 bits per heavy atom. The van der Waals surface area contributed by atoms with Gasteiger partial charge in [0.2, 0.25) is 0 Å². The largest absolute Gasteiger partial charge is 0.328 e. The first kappa shape index (κ1) is 13.1. The maximum atomic E-state index is 3.57. The highest BCUT2D eigenvalue weighted by Crippen LogP contribution is 1.93. The van der Waals surface area contributed by atoms with Crippen LogP contribution < -0.4 is 9.96 Å². The van der Waals surface area contributed by atoms with Crippen molar-refractivity contribution in [3.63, 3.8) is 0 Å². The molecule has 0 rings (SSSR count). The molecule has 3 nitrogen and oxygen atoms in total. The van der Waals surface area contributed by atoms with Gasteiger partial charge in [-0.3, -0.25) is 0 Å². The summed E-state index contributed by atoms with van der Waals surface area (Å²) in [6.45, 7) is 7.78. The zero-order valence-corrected chi connectivity index (χ0v) is 10.7. The van der Waals surface area contributed by atoms with Crippen LogP contribution in [0.4, 0.5) is 0 Å². The predicted octanol–water partition coefficient (Wildman–Crippen LogP) is 0.378. The van der Waals surface area contributed by atoms with Crippen molar-refractivity contribution in [3.05, 3.63) is 0 Å². The lowest BCUT2D eigenvalue weighted by molar-refractivity contribution is 0.407. The molecule has 0 aliphatic rings. The lowest BCUT2D eigenvalue weighted by atomic mass is 10.5. The monoisotopic (exact) mass is 203 g/mol. The number of nitrogens with one attached hydrogen (secondary N) is 2. The second kappa shape index (κ2) is 8.68. The molecular formula is C9H25N3Si. The van der Waals surface area contributed by atoms with E-state index in [9.17, 15) is 0 Å². The molecule has 0 unspecified atom stereocenters. The molecule has 13 heavy (non-hydrogen) atoms. The van der Waals surface area contributed by atoms with Crippen molar-refractivity contribution in [1.82, 2.24) is 14.9 Å². The van der Waals surface area contributed by atoms with Gasteiger partial charge in [-0.25, -0.2) is 0 Å². The second-order valence-corrected chi connectivity index (χ2v) is 6.11. The minimum atomic E-state index is -0.819. The van der Waals surface area contributed by atoms with Gasteiger partial charge in [0.05, 0.1) is 0 Å². The molecule has 0 saturated carbocycles. The fourth-order valence-corrected chi connectivity index (χ4v) is 3.51. The molecule has 0 heterocycles. The van der Waals surface area contributed by atoms with Crippen molar-refractivity contribution in [2.24, 2.45) is 0 Å². The van der Waals surface area contributed by atoms with Gasteiger partial charge >= 0.3 is 0 Å². The molecule has 0 aromatic carbocycles. The van der Waals surface area contributed by atoms with Gasteiger partial charge < -0.3 is 14.9 Å². The van der Waals surface area contributed by atoms with Crippen LogP contribution in [-0.4, -0.2) is 47.7 Å². The third kappa shape index (κ3) is 8.43. The summed E-state index contributed by atoms with van der Waals surface area (Å²) < 4.78 is 0. The first-order valence-electron chi connectivity index (χ1n) is 5.32. The quantitative estimate of drug-likeness (QED) is 0.559. The molecule has 0 saturated heterocycles. The van der Waals surface area contributed by atoms with Gasteiger partial charge in [0.1, 0.15) is 0 Å². The van der Waals surface area contributed by atoms with Crippen LogP contribution in [0.3, 0.4) is 0 Å². The van der Waals surface area contributed by atoms with Gasteiger partial charge in [-0.05, 0) is 46.2 Å². The second-order valence-electron chi connectivity index (χ2n) is 3.61. The molecule has 4 heteroatoms. The van der Waals surface area contributed by atoms with Crippen LogP contribution in [0.25, 0.3) is 0 Å². The van der Waals surface area contributed by atoms with Gasteiger partial charge in [-0.1, -0.05) is 13.8 Å². The molecule has 0 aliphatic heterocycles. The van der Waals surface area contributed by atoms with Crippen LogP contribution in [0.15, 0.2) is 0 Å². The molecule has 2 N–H and O–H groups in total. The third-order valence-electron chi connectivity index (χ3n) is 2.00. The Balaban J connectivity index is 3.44. The van der Waals surface area contributed by atoms with E-state index in [0.29, 0.717) is 0 Å². The van der Waals surface area contributed by atoms with Gasteiger partial charge in [-0.15, -0.1) is 0 Å². The number of hydrogen-bond acceptors (Lipinski definition) is 3. The fraction of sp³-hybridized carbons (Fsp3) is 1.00. The van der Waals surface area contributed by atoms with E-state index >= 15 is 0 Å². The van der Waals surface area contributed by atoms with Crippen LogP contribution in [-0.2, 0) is 0 Å². The van der Waals surface area contributed by atoms with Gasteiger partial charge in [-0.2, -0.15) is 0 Å². The Kier molecular flexibility index (Phi) is 8.75. The number of hydrogen-bond donors (Lipinski definition) is 2. The first-order chi connectivity index (χ1) is 6.20. The highest BCUT2D eigenvalue weighted by Gasteiger charge is 2.06. The van der Waals surface area contributed by atoms with Crippen LogP contribution in [0.5, 0.6) is 0 Å². The van der Waals surface area contributed by atoms with Crippen LogP contribution in [0, 0.1) is 0 Å². The third-order valence-corrected chi connectivity index (χ3v) is 4.79. The SMILES string of the molecule is CCN[SiH](CCCN(C)C)NCC. The van der Waals surface area contributed by atoms with E-state index in [1.165, 1.54) is 19.0 Å². The minimum Gasteiger partial charge on any atom is -0.328 e. The van der Waals surface area contributed by atoms with Crippen molar-refractivity contribution < 1.29 is 0 Å². The summed E-state index contributed by atoms with van der Waals surface area (Å²) in [4.78, 5) is 9.39. The van der Waals surface area contributed by atoms with Crippen LogP contribution >= 0.6 is 0 Å². The Morgan fingerprint density at radius 3 is 2.00 bits per heavy atom. The normalized spacial score (nSPS) is 11.5. The predicted molar refractivity (Wildman–Crippen MR) is 62.5 cm³/mol. The molecule has 0 aromatic rings. The lowest BCUT2D eigenvalue weighted by Crippen LogP contribution is -2.47. The van der Waals surface area contributed by atoms with Crippen molar-refractivity contribution in [2.75, 3.05) is 33.7 Å². The van der Waals surface area contributed by atoms with Crippen molar-refractivity contribution in [1.29, 1.82) is 0 Å². The number of nitrogens with zero attached hydrogens (tertiary/aromatic N) is 1. The van der Waals surface area contributed by atoms with Crippen molar-refractivity contribution in [3.8, 4) is 0 Å². The Bertz CT molecular complexity index is 103.